The second-order valence-corrected chi connectivity index (χ2v) is 5.78. The summed E-state index contributed by atoms with van der Waals surface area (Å²) in [7, 11) is 0. The van der Waals surface area contributed by atoms with E-state index >= 15 is 0 Å². The SMILES string of the molecule is CC(C)(C)C1CCN(c2ncccc2C#N)C1. The van der Waals surface area contributed by atoms with Gasteiger partial charge in [0.1, 0.15) is 11.9 Å². The van der Waals surface area contributed by atoms with Crippen molar-refractivity contribution >= 4 is 5.82 Å². The lowest BCUT2D eigenvalue weighted by atomic mass is 9.80. The molecule has 2 rings (SSSR count). The van der Waals surface area contributed by atoms with Gasteiger partial charge in [0.15, 0.2) is 0 Å². The molecule has 1 aromatic rings. The van der Waals surface area contributed by atoms with Crippen molar-refractivity contribution in [3.05, 3.63) is 23.9 Å². The van der Waals surface area contributed by atoms with Crippen molar-refractivity contribution in [1.82, 2.24) is 4.98 Å². The zero-order valence-corrected chi connectivity index (χ0v) is 10.8. The highest BCUT2D eigenvalue weighted by Crippen LogP contribution is 2.35. The van der Waals surface area contributed by atoms with Crippen molar-refractivity contribution in [3.63, 3.8) is 0 Å². The normalized spacial score (nSPS) is 20.4. The zero-order chi connectivity index (χ0) is 12.5. The third-order valence-corrected chi connectivity index (χ3v) is 3.62. The van der Waals surface area contributed by atoms with E-state index in [9.17, 15) is 0 Å². The number of hydrogen-bond donors (Lipinski definition) is 0. The Labute approximate surface area is 103 Å². The molecule has 3 heteroatoms. The summed E-state index contributed by atoms with van der Waals surface area (Å²) in [6, 6.07) is 5.88. The molecule has 1 fully saturated rings. The van der Waals surface area contributed by atoms with Gasteiger partial charge >= 0.3 is 0 Å². The van der Waals surface area contributed by atoms with Gasteiger partial charge in [0.05, 0.1) is 5.56 Å². The average molecular weight is 229 g/mol. The van der Waals surface area contributed by atoms with Crippen molar-refractivity contribution < 1.29 is 0 Å². The molecule has 0 radical (unpaired) electrons. The van der Waals surface area contributed by atoms with Crippen LogP contribution < -0.4 is 4.90 Å². The highest BCUT2D eigenvalue weighted by Gasteiger charge is 2.32. The fourth-order valence-corrected chi connectivity index (χ4v) is 2.40. The molecule has 1 atom stereocenters. The summed E-state index contributed by atoms with van der Waals surface area (Å²) in [6.45, 7) is 8.86. The number of nitrogens with zero attached hydrogens (tertiary/aromatic N) is 3. The predicted octanol–water partition coefficient (Wildman–Crippen LogP) is 2.83. The predicted molar refractivity (Wildman–Crippen MR) is 68.7 cm³/mol. The molecule has 3 nitrogen and oxygen atoms in total. The van der Waals surface area contributed by atoms with Crippen molar-refractivity contribution in [2.24, 2.45) is 11.3 Å². The number of nitriles is 1. The largest absolute Gasteiger partial charge is 0.355 e. The first-order chi connectivity index (χ1) is 8.02. The molecule has 0 aromatic carbocycles. The highest BCUT2D eigenvalue weighted by atomic mass is 15.2. The lowest BCUT2D eigenvalue weighted by Gasteiger charge is -2.27. The Morgan fingerprint density at radius 2 is 2.24 bits per heavy atom. The van der Waals surface area contributed by atoms with Crippen molar-refractivity contribution in [3.8, 4) is 6.07 Å². The fraction of sp³-hybridized carbons (Fsp3) is 0.571. The number of pyridine rings is 1. The molecule has 1 unspecified atom stereocenters. The first kappa shape index (κ1) is 11.9. The summed E-state index contributed by atoms with van der Waals surface area (Å²) >= 11 is 0. The van der Waals surface area contributed by atoms with Crippen molar-refractivity contribution in [2.75, 3.05) is 18.0 Å². The van der Waals surface area contributed by atoms with E-state index in [0.717, 1.165) is 18.9 Å². The van der Waals surface area contributed by atoms with Crippen LogP contribution in [0.1, 0.15) is 32.8 Å². The maximum absolute atomic E-state index is 9.09. The quantitative estimate of drug-likeness (QED) is 0.743. The van der Waals surface area contributed by atoms with Gasteiger partial charge in [0.2, 0.25) is 0 Å². The van der Waals surface area contributed by atoms with E-state index in [1.165, 1.54) is 6.42 Å². The number of anilines is 1. The molecule has 0 N–H and O–H groups in total. The van der Waals surface area contributed by atoms with Crippen LogP contribution in [0.4, 0.5) is 5.82 Å². The molecule has 0 aliphatic carbocycles. The van der Waals surface area contributed by atoms with Crippen LogP contribution >= 0.6 is 0 Å². The van der Waals surface area contributed by atoms with Gasteiger partial charge in [0, 0.05) is 19.3 Å². The lowest BCUT2D eigenvalue weighted by molar-refractivity contribution is 0.263. The molecule has 0 bridgehead atoms. The van der Waals surface area contributed by atoms with E-state index in [2.05, 4.69) is 36.7 Å². The minimum absolute atomic E-state index is 0.330. The van der Waals surface area contributed by atoms with Crippen LogP contribution in [0, 0.1) is 22.7 Å². The third-order valence-electron chi connectivity index (χ3n) is 3.62. The minimum atomic E-state index is 0.330. The van der Waals surface area contributed by atoms with Crippen molar-refractivity contribution in [1.29, 1.82) is 5.26 Å². The van der Waals surface area contributed by atoms with Gasteiger partial charge < -0.3 is 4.90 Å². The molecule has 1 saturated heterocycles. The maximum atomic E-state index is 9.09. The fourth-order valence-electron chi connectivity index (χ4n) is 2.40. The van der Waals surface area contributed by atoms with E-state index < -0.39 is 0 Å². The molecule has 2 heterocycles. The molecule has 0 saturated carbocycles. The summed E-state index contributed by atoms with van der Waals surface area (Å²) in [6.07, 6.45) is 2.95. The smallest absolute Gasteiger partial charge is 0.146 e. The summed E-state index contributed by atoms with van der Waals surface area (Å²) in [5, 5.41) is 9.09. The van der Waals surface area contributed by atoms with Gasteiger partial charge in [-0.1, -0.05) is 20.8 Å². The summed E-state index contributed by atoms with van der Waals surface area (Å²) in [5.41, 5.74) is 1.01. The van der Waals surface area contributed by atoms with E-state index in [4.69, 9.17) is 5.26 Å². The molecular formula is C14H19N3. The molecule has 1 aliphatic rings. The van der Waals surface area contributed by atoms with Crippen LogP contribution in [0.3, 0.4) is 0 Å². The monoisotopic (exact) mass is 229 g/mol. The van der Waals surface area contributed by atoms with E-state index in [1.54, 1.807) is 6.20 Å². The highest BCUT2D eigenvalue weighted by molar-refractivity contribution is 5.54. The minimum Gasteiger partial charge on any atom is -0.355 e. The first-order valence-corrected chi connectivity index (χ1v) is 6.12. The van der Waals surface area contributed by atoms with Gasteiger partial charge in [-0.05, 0) is 29.9 Å². The van der Waals surface area contributed by atoms with E-state index in [1.807, 2.05) is 12.1 Å². The van der Waals surface area contributed by atoms with E-state index in [-0.39, 0.29) is 0 Å². The Morgan fingerprint density at radius 3 is 2.82 bits per heavy atom. The molecule has 17 heavy (non-hydrogen) atoms. The topological polar surface area (TPSA) is 39.9 Å². The first-order valence-electron chi connectivity index (χ1n) is 6.12. The van der Waals surface area contributed by atoms with Crippen LogP contribution in [-0.4, -0.2) is 18.1 Å². The maximum Gasteiger partial charge on any atom is 0.146 e. The van der Waals surface area contributed by atoms with Gasteiger partial charge in [-0.3, -0.25) is 0 Å². The number of hydrogen-bond acceptors (Lipinski definition) is 3. The average Bonchev–Trinajstić information content (AvgIpc) is 2.77. The standard InChI is InChI=1S/C14H19N3/c1-14(2,3)12-6-8-17(10-12)13-11(9-15)5-4-7-16-13/h4-5,7,12H,6,8,10H2,1-3H3. The van der Waals surface area contributed by atoms with Crippen LogP contribution in [-0.2, 0) is 0 Å². The van der Waals surface area contributed by atoms with Crippen LogP contribution in [0.25, 0.3) is 0 Å². The van der Waals surface area contributed by atoms with E-state index in [0.29, 0.717) is 16.9 Å². The Morgan fingerprint density at radius 1 is 1.47 bits per heavy atom. The Bertz CT molecular complexity index is 440. The molecular weight excluding hydrogens is 210 g/mol. The summed E-state index contributed by atoms with van der Waals surface area (Å²) in [5.74, 6) is 1.53. The van der Waals surface area contributed by atoms with Crippen molar-refractivity contribution in [2.45, 2.75) is 27.2 Å². The second kappa shape index (κ2) is 4.37. The van der Waals surface area contributed by atoms with Gasteiger partial charge in [0.25, 0.3) is 0 Å². The van der Waals surface area contributed by atoms with Gasteiger partial charge in [-0.2, -0.15) is 5.26 Å². The van der Waals surface area contributed by atoms with Crippen LogP contribution in [0.5, 0.6) is 0 Å². The van der Waals surface area contributed by atoms with Crippen LogP contribution in [0.2, 0.25) is 0 Å². The Kier molecular flexibility index (Phi) is 3.06. The van der Waals surface area contributed by atoms with Gasteiger partial charge in [-0.25, -0.2) is 4.98 Å². The molecule has 90 valence electrons. The summed E-state index contributed by atoms with van der Waals surface area (Å²) < 4.78 is 0. The van der Waals surface area contributed by atoms with Crippen LogP contribution in [0.15, 0.2) is 18.3 Å². The number of rotatable bonds is 1. The Balaban J connectivity index is 2.19. The Hall–Kier alpha value is -1.56. The lowest BCUT2D eigenvalue weighted by Crippen LogP contribution is -2.26. The molecule has 0 spiro atoms. The molecule has 0 amide bonds. The molecule has 1 aliphatic heterocycles. The third kappa shape index (κ3) is 2.41. The van der Waals surface area contributed by atoms with Gasteiger partial charge in [-0.15, -0.1) is 0 Å². The summed E-state index contributed by atoms with van der Waals surface area (Å²) in [4.78, 5) is 6.60. The zero-order valence-electron chi connectivity index (χ0n) is 10.8. The molecule has 1 aromatic heterocycles. The number of aromatic nitrogens is 1. The second-order valence-electron chi connectivity index (χ2n) is 5.78.